The van der Waals surface area contributed by atoms with Crippen LogP contribution in [0.1, 0.15) is 16.1 Å². The molecule has 0 unspecified atom stereocenters. The highest BCUT2D eigenvalue weighted by molar-refractivity contribution is 9.10. The van der Waals surface area contributed by atoms with Crippen molar-refractivity contribution in [1.82, 2.24) is 5.32 Å². The molecule has 0 radical (unpaired) electrons. The number of rotatable bonds is 5. The molecule has 1 aromatic heterocycles. The number of hydrogen-bond acceptors (Lipinski definition) is 5. The van der Waals surface area contributed by atoms with E-state index in [1.165, 1.54) is 14.2 Å². The molecule has 1 heterocycles. The Morgan fingerprint density at radius 3 is 2.74 bits per heavy atom. The number of fused-ring (bicyclic) bond motifs is 1. The Morgan fingerprint density at radius 2 is 2.06 bits per heavy atom. The number of alkyl halides is 3. The summed E-state index contributed by atoms with van der Waals surface area (Å²) in [5.41, 5.74) is -3.24. The second kappa shape index (κ2) is 9.58. The van der Waals surface area contributed by atoms with Gasteiger partial charge in [0.2, 0.25) is 0 Å². The molecule has 1 amide bonds. The molecule has 2 aromatic carbocycles. The number of amides is 1. The molecular weight excluding hydrogens is 497 g/mol. The van der Waals surface area contributed by atoms with Gasteiger partial charge in [-0.1, -0.05) is 12.0 Å². The topological polar surface area (TPSA) is 63.5 Å². The van der Waals surface area contributed by atoms with E-state index in [4.69, 9.17) is 9.15 Å². The van der Waals surface area contributed by atoms with Gasteiger partial charge in [-0.2, -0.15) is 13.2 Å². The number of benzene rings is 2. The van der Waals surface area contributed by atoms with Crippen LogP contribution in [0.3, 0.4) is 0 Å². The number of carbonyl (C=O) groups excluding carboxylic acids is 1. The molecule has 5 nitrogen and oxygen atoms in total. The van der Waals surface area contributed by atoms with Crippen molar-refractivity contribution in [1.29, 1.82) is 0 Å². The van der Waals surface area contributed by atoms with Crippen LogP contribution in [-0.4, -0.2) is 32.1 Å². The van der Waals surface area contributed by atoms with Gasteiger partial charge in [-0.25, -0.2) is 0 Å². The van der Waals surface area contributed by atoms with Crippen LogP contribution in [0.2, 0.25) is 0 Å². The quantitative estimate of drug-likeness (QED) is 0.342. The van der Waals surface area contributed by atoms with E-state index in [2.05, 4.69) is 38.4 Å². The van der Waals surface area contributed by atoms with E-state index in [-0.39, 0.29) is 34.9 Å². The number of hydrogen-bond donors (Lipinski definition) is 2. The number of anilines is 1. The van der Waals surface area contributed by atoms with Gasteiger partial charge in [-0.3, -0.25) is 4.79 Å². The average molecular weight is 513 g/mol. The smallest absolute Gasteiger partial charge is 0.446 e. The van der Waals surface area contributed by atoms with Crippen molar-refractivity contribution in [2.75, 3.05) is 26.0 Å². The zero-order valence-electron chi connectivity index (χ0n) is 16.3. The van der Waals surface area contributed by atoms with Gasteiger partial charge >= 0.3 is 5.51 Å². The molecule has 10 heteroatoms. The van der Waals surface area contributed by atoms with Gasteiger partial charge in [0.05, 0.1) is 28.7 Å². The molecule has 0 saturated heterocycles. The fraction of sp³-hybridized carbons (Fsp3) is 0.190. The minimum Gasteiger partial charge on any atom is -0.495 e. The summed E-state index contributed by atoms with van der Waals surface area (Å²) >= 11 is 3.02. The number of ether oxygens (including phenoxy) is 1. The highest BCUT2D eigenvalue weighted by Gasteiger charge is 2.33. The summed E-state index contributed by atoms with van der Waals surface area (Å²) in [5, 5.41) is 5.87. The zero-order valence-corrected chi connectivity index (χ0v) is 18.7. The third-order valence-electron chi connectivity index (χ3n) is 4.10. The van der Waals surface area contributed by atoms with Gasteiger partial charge in [0.15, 0.2) is 11.3 Å². The Hall–Kier alpha value is -2.77. The molecule has 0 aliphatic rings. The van der Waals surface area contributed by atoms with Gasteiger partial charge < -0.3 is 19.8 Å². The number of para-hydroxylation sites is 1. The summed E-state index contributed by atoms with van der Waals surface area (Å²) < 4.78 is 50.6. The summed E-state index contributed by atoms with van der Waals surface area (Å²) in [5.74, 6) is 5.59. The summed E-state index contributed by atoms with van der Waals surface area (Å²) in [7, 11) is 3.01. The predicted molar refractivity (Wildman–Crippen MR) is 118 cm³/mol. The maximum atomic E-state index is 13.1. The van der Waals surface area contributed by atoms with Crippen molar-refractivity contribution in [2.45, 2.75) is 10.4 Å². The predicted octanol–water partition coefficient (Wildman–Crippen LogP) is 5.64. The Bertz CT molecular complexity index is 1180. The van der Waals surface area contributed by atoms with E-state index in [1.807, 2.05) is 0 Å². The first-order chi connectivity index (χ1) is 14.7. The van der Waals surface area contributed by atoms with Gasteiger partial charge in [-0.05, 0) is 63.9 Å². The number of halogens is 4. The Kier molecular flexibility index (Phi) is 7.08. The van der Waals surface area contributed by atoms with Gasteiger partial charge in [-0.15, -0.1) is 0 Å². The van der Waals surface area contributed by atoms with E-state index < -0.39 is 5.51 Å². The van der Waals surface area contributed by atoms with Crippen LogP contribution in [0.5, 0.6) is 5.75 Å². The minimum atomic E-state index is -4.48. The molecule has 162 valence electrons. The van der Waals surface area contributed by atoms with Crippen LogP contribution in [-0.2, 0) is 0 Å². The van der Waals surface area contributed by atoms with Gasteiger partial charge in [0, 0.05) is 18.0 Å². The second-order valence-corrected chi connectivity index (χ2v) is 8.00. The first-order valence-corrected chi connectivity index (χ1v) is 10.4. The molecule has 0 fully saturated rings. The molecule has 0 saturated carbocycles. The fourth-order valence-corrected chi connectivity index (χ4v) is 3.89. The van der Waals surface area contributed by atoms with Crippen LogP contribution < -0.4 is 15.4 Å². The largest absolute Gasteiger partial charge is 0.495 e. The van der Waals surface area contributed by atoms with Crippen molar-refractivity contribution >= 4 is 50.3 Å². The lowest BCUT2D eigenvalue weighted by atomic mass is 10.1. The van der Waals surface area contributed by atoms with Crippen molar-refractivity contribution in [3.8, 4) is 17.6 Å². The molecule has 0 spiro atoms. The first-order valence-electron chi connectivity index (χ1n) is 8.83. The standard InChI is InChI=1S/C21H16BrF3N2O3S/c1-26-20(28)12-8-9-16(29-2)15(11-12)27-10-4-7-17-19(31-21(23,24)25)13-5-3-6-14(22)18(13)30-17/h3,5-6,8-9,11,27H,10H2,1-2H3,(H,26,28). The molecular formula is C21H16BrF3N2O3S. The Morgan fingerprint density at radius 1 is 1.29 bits per heavy atom. The number of methoxy groups -OCH3 is 1. The maximum Gasteiger partial charge on any atom is 0.446 e. The third-order valence-corrected chi connectivity index (χ3v) is 5.56. The van der Waals surface area contributed by atoms with Crippen LogP contribution in [0.15, 0.2) is 50.2 Å². The summed E-state index contributed by atoms with van der Waals surface area (Å²) in [4.78, 5) is 11.7. The van der Waals surface area contributed by atoms with E-state index in [1.54, 1.807) is 36.4 Å². The Balaban J connectivity index is 1.87. The lowest BCUT2D eigenvalue weighted by Gasteiger charge is -2.10. The van der Waals surface area contributed by atoms with Crippen molar-refractivity contribution in [3.05, 3.63) is 52.2 Å². The highest BCUT2D eigenvalue weighted by atomic mass is 79.9. The summed E-state index contributed by atoms with van der Waals surface area (Å²) in [6.45, 7) is 0.0852. The van der Waals surface area contributed by atoms with Gasteiger partial charge in [0.1, 0.15) is 5.75 Å². The summed E-state index contributed by atoms with van der Waals surface area (Å²) in [6, 6.07) is 9.71. The number of carbonyl (C=O) groups is 1. The second-order valence-electron chi connectivity index (χ2n) is 6.07. The van der Waals surface area contributed by atoms with Crippen LogP contribution in [0.4, 0.5) is 18.9 Å². The summed E-state index contributed by atoms with van der Waals surface area (Å²) in [6.07, 6.45) is 0. The van der Waals surface area contributed by atoms with E-state index in [0.717, 1.165) is 0 Å². The average Bonchev–Trinajstić information content (AvgIpc) is 3.07. The SMILES string of the molecule is CNC(=O)c1ccc(OC)c(NCC#Cc2oc3c(Br)cccc3c2SC(F)(F)F)c1. The monoisotopic (exact) mass is 512 g/mol. The number of nitrogens with one attached hydrogen (secondary N) is 2. The lowest BCUT2D eigenvalue weighted by Crippen LogP contribution is -2.18. The van der Waals surface area contributed by atoms with Crippen molar-refractivity contribution in [3.63, 3.8) is 0 Å². The molecule has 0 aliphatic heterocycles. The molecule has 3 aromatic rings. The van der Waals surface area contributed by atoms with Crippen molar-refractivity contribution in [2.24, 2.45) is 0 Å². The molecule has 31 heavy (non-hydrogen) atoms. The molecule has 0 bridgehead atoms. The maximum absolute atomic E-state index is 13.1. The van der Waals surface area contributed by atoms with E-state index in [9.17, 15) is 18.0 Å². The van der Waals surface area contributed by atoms with Crippen LogP contribution >= 0.6 is 27.7 Å². The Labute approximate surface area is 188 Å². The van der Waals surface area contributed by atoms with E-state index in [0.29, 0.717) is 32.4 Å². The number of furan rings is 1. The highest BCUT2D eigenvalue weighted by Crippen LogP contribution is 2.44. The molecule has 2 N–H and O–H groups in total. The van der Waals surface area contributed by atoms with Crippen LogP contribution in [0, 0.1) is 11.8 Å². The van der Waals surface area contributed by atoms with E-state index >= 15 is 0 Å². The van der Waals surface area contributed by atoms with Crippen molar-refractivity contribution < 1.29 is 27.1 Å². The minimum absolute atomic E-state index is 0.0721. The zero-order chi connectivity index (χ0) is 22.6. The molecule has 3 rings (SSSR count). The number of thioether (sulfide) groups is 1. The lowest BCUT2D eigenvalue weighted by molar-refractivity contribution is -0.0328. The normalized spacial score (nSPS) is 11.0. The molecule has 0 aliphatic carbocycles. The van der Waals surface area contributed by atoms with Gasteiger partial charge in [0.25, 0.3) is 5.91 Å². The van der Waals surface area contributed by atoms with Crippen LogP contribution in [0.25, 0.3) is 11.0 Å². The first kappa shape index (κ1) is 22.9. The third kappa shape index (κ3) is 5.48. The molecule has 0 atom stereocenters. The fourth-order valence-electron chi connectivity index (χ4n) is 2.76.